The van der Waals surface area contributed by atoms with E-state index in [0.717, 1.165) is 50.6 Å². The van der Waals surface area contributed by atoms with E-state index in [1.54, 1.807) is 12.1 Å². The minimum absolute atomic E-state index is 0.155. The van der Waals surface area contributed by atoms with Crippen molar-refractivity contribution in [1.29, 1.82) is 0 Å². The van der Waals surface area contributed by atoms with Crippen LogP contribution in [0, 0.1) is 16.0 Å². The number of nitro groups is 1. The van der Waals surface area contributed by atoms with Gasteiger partial charge in [-0.05, 0) is 62.6 Å². The van der Waals surface area contributed by atoms with Gasteiger partial charge >= 0.3 is 0 Å². The van der Waals surface area contributed by atoms with Gasteiger partial charge in [0.25, 0.3) is 5.69 Å². The lowest BCUT2D eigenvalue weighted by Crippen LogP contribution is -2.46. The third-order valence-corrected chi connectivity index (χ3v) is 5.98. The maximum Gasteiger partial charge on any atom is 0.269 e. The highest BCUT2D eigenvalue weighted by molar-refractivity contribution is 5.33. The fourth-order valence-corrected chi connectivity index (χ4v) is 4.24. The van der Waals surface area contributed by atoms with Crippen LogP contribution < -0.4 is 0 Å². The molecular weight excluding hydrogens is 364 g/mol. The molecule has 2 aromatic rings. The van der Waals surface area contributed by atoms with Crippen LogP contribution in [0.5, 0.6) is 0 Å². The summed E-state index contributed by atoms with van der Waals surface area (Å²) in [5, 5.41) is 10.8. The Balaban J connectivity index is 1.52. The van der Waals surface area contributed by atoms with E-state index in [1.807, 2.05) is 12.1 Å². The number of hydrogen-bond donors (Lipinski definition) is 0. The van der Waals surface area contributed by atoms with E-state index in [0.29, 0.717) is 6.04 Å². The highest BCUT2D eigenvalue weighted by atomic mass is 16.6. The van der Waals surface area contributed by atoms with Crippen molar-refractivity contribution in [2.45, 2.75) is 45.1 Å². The fourth-order valence-electron chi connectivity index (χ4n) is 4.24. The zero-order valence-electron chi connectivity index (χ0n) is 17.3. The topological polar surface area (TPSA) is 55.6 Å². The molecule has 1 aliphatic heterocycles. The summed E-state index contributed by atoms with van der Waals surface area (Å²) in [6.45, 7) is 5.67. The fraction of sp³-hybridized carbons (Fsp3) is 0.500. The highest BCUT2D eigenvalue weighted by Gasteiger charge is 2.28. The third kappa shape index (κ3) is 6.65. The zero-order valence-corrected chi connectivity index (χ0v) is 17.3. The normalized spacial score (nSPS) is 19.9. The highest BCUT2D eigenvalue weighted by Crippen LogP contribution is 2.27. The van der Waals surface area contributed by atoms with E-state index in [2.05, 4.69) is 42.2 Å². The average Bonchev–Trinajstić information content (AvgIpc) is 2.76. The van der Waals surface area contributed by atoms with Crippen LogP contribution in [0.2, 0.25) is 0 Å². The average molecular weight is 397 g/mol. The van der Waals surface area contributed by atoms with Crippen LogP contribution in [0.1, 0.15) is 37.3 Å². The lowest BCUT2D eigenvalue weighted by atomic mass is 9.86. The number of likely N-dealkylation sites (tertiary alicyclic amines) is 1. The lowest BCUT2D eigenvalue weighted by Gasteiger charge is -2.39. The Kier molecular flexibility index (Phi) is 8.20. The van der Waals surface area contributed by atoms with Crippen molar-refractivity contribution < 1.29 is 9.66 Å². The van der Waals surface area contributed by atoms with Gasteiger partial charge in [-0.3, -0.25) is 15.0 Å². The predicted octanol–water partition coefficient (Wildman–Crippen LogP) is 4.89. The molecule has 0 spiro atoms. The largest absolute Gasteiger partial charge is 0.380 e. The van der Waals surface area contributed by atoms with Crippen LogP contribution >= 0.6 is 0 Å². The Hall–Kier alpha value is -2.24. The Morgan fingerprint density at radius 1 is 1.07 bits per heavy atom. The van der Waals surface area contributed by atoms with Gasteiger partial charge in [-0.2, -0.15) is 0 Å². The minimum Gasteiger partial charge on any atom is -0.380 e. The van der Waals surface area contributed by atoms with Crippen LogP contribution in [0.4, 0.5) is 5.69 Å². The first-order chi connectivity index (χ1) is 14.2. The van der Waals surface area contributed by atoms with Gasteiger partial charge < -0.3 is 4.74 Å². The number of hydrogen-bond acceptors (Lipinski definition) is 4. The maximum atomic E-state index is 10.8. The molecule has 2 aromatic carbocycles. The molecule has 1 aliphatic rings. The van der Waals surface area contributed by atoms with Crippen LogP contribution in [0.15, 0.2) is 54.6 Å². The second-order valence-corrected chi connectivity index (χ2v) is 7.94. The molecule has 0 N–H and O–H groups in total. The van der Waals surface area contributed by atoms with Crippen molar-refractivity contribution in [2.75, 3.05) is 26.3 Å². The molecule has 0 aliphatic carbocycles. The first kappa shape index (κ1) is 21.5. The minimum atomic E-state index is -0.345. The number of piperidine rings is 1. The van der Waals surface area contributed by atoms with Crippen molar-refractivity contribution in [1.82, 2.24) is 4.90 Å². The molecule has 0 amide bonds. The standard InChI is InChI=1S/C24H32N2O3/c1-2-29-19-24-18-22(9-8-20-6-4-3-5-7-20)15-17-25(24)16-14-21-10-12-23(13-11-21)26(27)28/h3-7,10-13,22,24H,2,8-9,14-19H2,1H3. The SMILES string of the molecule is CCOCC1CC(CCc2ccccc2)CCN1CCc1ccc([N+](=O)[O-])cc1. The smallest absolute Gasteiger partial charge is 0.269 e. The summed E-state index contributed by atoms with van der Waals surface area (Å²) in [6, 6.07) is 18.2. The van der Waals surface area contributed by atoms with Crippen molar-refractivity contribution in [2.24, 2.45) is 5.92 Å². The molecule has 0 saturated carbocycles. The van der Waals surface area contributed by atoms with Gasteiger partial charge in [-0.25, -0.2) is 0 Å². The van der Waals surface area contributed by atoms with Gasteiger partial charge in [0.2, 0.25) is 0 Å². The molecule has 29 heavy (non-hydrogen) atoms. The van der Waals surface area contributed by atoms with Gasteiger partial charge in [-0.1, -0.05) is 42.5 Å². The summed E-state index contributed by atoms with van der Waals surface area (Å²) in [6.07, 6.45) is 5.72. The molecule has 156 valence electrons. The molecule has 1 heterocycles. The number of rotatable bonds is 10. The summed E-state index contributed by atoms with van der Waals surface area (Å²) in [4.78, 5) is 13.0. The van der Waals surface area contributed by atoms with Crippen LogP contribution in [0.3, 0.4) is 0 Å². The molecule has 5 nitrogen and oxygen atoms in total. The van der Waals surface area contributed by atoms with E-state index in [9.17, 15) is 10.1 Å². The van der Waals surface area contributed by atoms with Gasteiger partial charge in [0.15, 0.2) is 0 Å². The summed E-state index contributed by atoms with van der Waals surface area (Å²) >= 11 is 0. The first-order valence-corrected chi connectivity index (χ1v) is 10.7. The first-order valence-electron chi connectivity index (χ1n) is 10.7. The lowest BCUT2D eigenvalue weighted by molar-refractivity contribution is -0.384. The van der Waals surface area contributed by atoms with Gasteiger partial charge in [-0.15, -0.1) is 0 Å². The Morgan fingerprint density at radius 2 is 1.79 bits per heavy atom. The second-order valence-electron chi connectivity index (χ2n) is 7.94. The molecular formula is C24H32N2O3. The number of nitro benzene ring substituents is 1. The molecule has 5 heteroatoms. The molecule has 0 radical (unpaired) electrons. The number of benzene rings is 2. The number of nitrogens with zero attached hydrogens (tertiary/aromatic N) is 2. The van der Waals surface area contributed by atoms with E-state index in [-0.39, 0.29) is 10.6 Å². The van der Waals surface area contributed by atoms with E-state index < -0.39 is 0 Å². The molecule has 0 bridgehead atoms. The molecule has 3 rings (SSSR count). The number of ether oxygens (including phenoxy) is 1. The van der Waals surface area contributed by atoms with Crippen molar-refractivity contribution in [3.63, 3.8) is 0 Å². The van der Waals surface area contributed by atoms with Crippen molar-refractivity contribution in [3.05, 3.63) is 75.8 Å². The van der Waals surface area contributed by atoms with Gasteiger partial charge in [0.05, 0.1) is 11.5 Å². The third-order valence-electron chi connectivity index (χ3n) is 5.98. The Bertz CT molecular complexity index is 748. The van der Waals surface area contributed by atoms with E-state index in [4.69, 9.17) is 4.74 Å². The molecule has 1 saturated heterocycles. The maximum absolute atomic E-state index is 10.8. The second kappa shape index (κ2) is 11.1. The van der Waals surface area contributed by atoms with E-state index >= 15 is 0 Å². The number of aryl methyl sites for hydroxylation is 1. The molecule has 1 fully saturated rings. The quantitative estimate of drug-likeness (QED) is 0.424. The summed E-state index contributed by atoms with van der Waals surface area (Å²) in [5.41, 5.74) is 2.73. The van der Waals surface area contributed by atoms with Crippen LogP contribution in [-0.2, 0) is 17.6 Å². The number of non-ortho nitro benzene ring substituents is 1. The molecule has 0 aromatic heterocycles. The summed E-state index contributed by atoms with van der Waals surface area (Å²) in [7, 11) is 0. The molecule has 2 unspecified atom stereocenters. The Labute approximate surface area is 173 Å². The van der Waals surface area contributed by atoms with Crippen molar-refractivity contribution in [3.8, 4) is 0 Å². The van der Waals surface area contributed by atoms with E-state index in [1.165, 1.54) is 24.8 Å². The van der Waals surface area contributed by atoms with Crippen LogP contribution in [0.25, 0.3) is 0 Å². The zero-order chi connectivity index (χ0) is 20.5. The van der Waals surface area contributed by atoms with Crippen molar-refractivity contribution >= 4 is 5.69 Å². The molecule has 2 atom stereocenters. The van der Waals surface area contributed by atoms with Gasteiger partial charge in [0, 0.05) is 31.3 Å². The van der Waals surface area contributed by atoms with Crippen LogP contribution in [-0.4, -0.2) is 42.2 Å². The summed E-state index contributed by atoms with van der Waals surface area (Å²) in [5.74, 6) is 0.747. The monoisotopic (exact) mass is 396 g/mol. The predicted molar refractivity (Wildman–Crippen MR) is 116 cm³/mol. The van der Waals surface area contributed by atoms with Gasteiger partial charge in [0.1, 0.15) is 0 Å². The summed E-state index contributed by atoms with van der Waals surface area (Å²) < 4.78 is 5.79. The Morgan fingerprint density at radius 3 is 2.48 bits per heavy atom.